The van der Waals surface area contributed by atoms with Crippen molar-refractivity contribution >= 4 is 17.0 Å². The minimum absolute atomic E-state index is 0.126. The van der Waals surface area contributed by atoms with E-state index in [1.54, 1.807) is 12.1 Å². The van der Waals surface area contributed by atoms with Gasteiger partial charge in [-0.05, 0) is 29.2 Å². The van der Waals surface area contributed by atoms with Crippen molar-refractivity contribution in [3.8, 4) is 17.0 Å². The van der Waals surface area contributed by atoms with Crippen molar-refractivity contribution in [2.24, 2.45) is 0 Å². The Kier molecular flexibility index (Phi) is 5.42. The molecule has 2 aromatic carbocycles. The summed E-state index contributed by atoms with van der Waals surface area (Å²) in [5.74, 6) is -0.0682. The van der Waals surface area contributed by atoms with E-state index in [-0.39, 0.29) is 17.4 Å². The number of aromatic nitrogens is 4. The van der Waals surface area contributed by atoms with Crippen LogP contribution in [0.2, 0.25) is 0 Å². The largest absolute Gasteiger partial charge is 0.491 e. The number of rotatable bonds is 6. The van der Waals surface area contributed by atoms with Gasteiger partial charge in [-0.15, -0.1) is 10.2 Å². The molecule has 0 bridgehead atoms. The molecule has 0 aliphatic carbocycles. The zero-order chi connectivity index (χ0) is 22.1. The van der Waals surface area contributed by atoms with Crippen LogP contribution in [0, 0.1) is 0 Å². The first kappa shape index (κ1) is 20.5. The number of carboxylic acid groups (broad SMARTS) is 1. The standard InChI is InChI=1S/C24H24N4O3/c1-4-19-20-21(23(29)27-26-19)28(22(25-20)14(2)3)13-15-9-11-16(12-10-15)17-7-5-6-8-18(17)24(30)31/h5-12,14H,4,13H2,1-3H3,(H,27,29)(H,30,31). The number of hydrogen-bond donors (Lipinski definition) is 2. The number of aromatic carboxylic acids is 1. The average molecular weight is 416 g/mol. The van der Waals surface area contributed by atoms with Crippen LogP contribution >= 0.6 is 0 Å². The van der Waals surface area contributed by atoms with Gasteiger partial charge in [-0.3, -0.25) is 0 Å². The van der Waals surface area contributed by atoms with Crippen LogP contribution in [0.5, 0.6) is 5.88 Å². The van der Waals surface area contributed by atoms with E-state index >= 15 is 0 Å². The molecule has 4 rings (SSSR count). The zero-order valence-electron chi connectivity index (χ0n) is 17.7. The molecule has 31 heavy (non-hydrogen) atoms. The molecule has 0 spiro atoms. The predicted octanol–water partition coefficient (Wildman–Crippen LogP) is 4.63. The van der Waals surface area contributed by atoms with Gasteiger partial charge in [0, 0.05) is 12.5 Å². The monoisotopic (exact) mass is 416 g/mol. The second-order valence-electron chi connectivity index (χ2n) is 7.78. The number of carbonyl (C=O) groups is 1. The molecule has 7 heteroatoms. The molecule has 2 heterocycles. The van der Waals surface area contributed by atoms with Gasteiger partial charge in [0.05, 0.1) is 11.3 Å². The number of imidazole rings is 1. The van der Waals surface area contributed by atoms with E-state index in [0.29, 0.717) is 29.6 Å². The van der Waals surface area contributed by atoms with E-state index in [2.05, 4.69) is 24.0 Å². The molecule has 2 N–H and O–H groups in total. The molecule has 0 fully saturated rings. The van der Waals surface area contributed by atoms with E-state index in [9.17, 15) is 15.0 Å². The number of carboxylic acids is 1. The third-order valence-corrected chi connectivity index (χ3v) is 5.36. The third-order valence-electron chi connectivity index (χ3n) is 5.36. The summed E-state index contributed by atoms with van der Waals surface area (Å²) in [5.41, 5.74) is 4.83. The Morgan fingerprint density at radius 3 is 2.42 bits per heavy atom. The smallest absolute Gasteiger partial charge is 0.336 e. The average Bonchev–Trinajstić information content (AvgIpc) is 3.15. The number of fused-ring (bicyclic) bond motifs is 1. The highest BCUT2D eigenvalue weighted by molar-refractivity contribution is 5.96. The maximum absolute atomic E-state index is 11.5. The predicted molar refractivity (Wildman–Crippen MR) is 118 cm³/mol. The lowest BCUT2D eigenvalue weighted by atomic mass is 9.98. The Balaban J connectivity index is 1.75. The second kappa shape index (κ2) is 8.18. The first-order valence-electron chi connectivity index (χ1n) is 10.3. The van der Waals surface area contributed by atoms with Gasteiger partial charge in [0.2, 0.25) is 0 Å². The van der Waals surface area contributed by atoms with Gasteiger partial charge in [-0.2, -0.15) is 0 Å². The lowest BCUT2D eigenvalue weighted by Crippen LogP contribution is -2.07. The Morgan fingerprint density at radius 1 is 1.06 bits per heavy atom. The highest BCUT2D eigenvalue weighted by atomic mass is 16.4. The van der Waals surface area contributed by atoms with E-state index in [1.165, 1.54) is 0 Å². The topological polar surface area (TPSA) is 101 Å². The summed E-state index contributed by atoms with van der Waals surface area (Å²) in [5, 5.41) is 27.9. The molecule has 0 amide bonds. The second-order valence-corrected chi connectivity index (χ2v) is 7.78. The molecule has 0 unspecified atom stereocenters. The van der Waals surface area contributed by atoms with Crippen LogP contribution in [0.25, 0.3) is 22.2 Å². The Bertz CT molecular complexity index is 1260. The van der Waals surface area contributed by atoms with Crippen molar-refractivity contribution in [3.63, 3.8) is 0 Å². The van der Waals surface area contributed by atoms with Gasteiger partial charge in [0.25, 0.3) is 5.88 Å². The van der Waals surface area contributed by atoms with Gasteiger partial charge in [0.15, 0.2) is 0 Å². The van der Waals surface area contributed by atoms with Crippen LogP contribution < -0.4 is 0 Å². The summed E-state index contributed by atoms with van der Waals surface area (Å²) in [6, 6.07) is 14.7. The number of nitrogens with zero attached hydrogens (tertiary/aromatic N) is 4. The first-order valence-corrected chi connectivity index (χ1v) is 10.3. The Hall–Kier alpha value is -3.74. The van der Waals surface area contributed by atoms with Gasteiger partial charge < -0.3 is 14.8 Å². The van der Waals surface area contributed by atoms with Gasteiger partial charge in [-0.1, -0.05) is 63.2 Å². The van der Waals surface area contributed by atoms with Gasteiger partial charge >= 0.3 is 5.97 Å². The number of hydrogen-bond acceptors (Lipinski definition) is 5. The maximum atomic E-state index is 11.5. The maximum Gasteiger partial charge on any atom is 0.336 e. The molecule has 0 saturated carbocycles. The van der Waals surface area contributed by atoms with E-state index in [0.717, 1.165) is 22.6 Å². The fourth-order valence-corrected chi connectivity index (χ4v) is 3.83. The van der Waals surface area contributed by atoms with Crippen molar-refractivity contribution in [2.45, 2.75) is 39.7 Å². The Labute approximate surface area is 180 Å². The van der Waals surface area contributed by atoms with Crippen LogP contribution in [-0.4, -0.2) is 35.9 Å². The summed E-state index contributed by atoms with van der Waals surface area (Å²) in [7, 11) is 0. The molecule has 158 valence electrons. The molecule has 7 nitrogen and oxygen atoms in total. The summed E-state index contributed by atoms with van der Waals surface area (Å²) in [4.78, 5) is 16.3. The van der Waals surface area contributed by atoms with Crippen LogP contribution in [0.15, 0.2) is 48.5 Å². The van der Waals surface area contributed by atoms with E-state index in [1.807, 2.05) is 47.9 Å². The lowest BCUT2D eigenvalue weighted by molar-refractivity contribution is 0.0697. The fraction of sp³-hybridized carbons (Fsp3) is 0.250. The first-order chi connectivity index (χ1) is 14.9. The van der Waals surface area contributed by atoms with E-state index < -0.39 is 5.97 Å². The molecule has 4 aromatic rings. The molecule has 0 atom stereocenters. The van der Waals surface area contributed by atoms with Crippen molar-refractivity contribution in [1.82, 2.24) is 19.7 Å². The third kappa shape index (κ3) is 3.74. The minimum Gasteiger partial charge on any atom is -0.491 e. The summed E-state index contributed by atoms with van der Waals surface area (Å²) in [6.45, 7) is 6.62. The molecular formula is C24H24N4O3. The van der Waals surface area contributed by atoms with Crippen molar-refractivity contribution in [2.75, 3.05) is 0 Å². The van der Waals surface area contributed by atoms with Crippen LogP contribution in [0.4, 0.5) is 0 Å². The molecular weight excluding hydrogens is 392 g/mol. The van der Waals surface area contributed by atoms with Crippen LogP contribution in [0.3, 0.4) is 0 Å². The van der Waals surface area contributed by atoms with Crippen molar-refractivity contribution < 1.29 is 15.0 Å². The van der Waals surface area contributed by atoms with Crippen LogP contribution in [0.1, 0.15) is 54.1 Å². The zero-order valence-corrected chi connectivity index (χ0v) is 17.7. The van der Waals surface area contributed by atoms with Gasteiger partial charge in [0.1, 0.15) is 16.9 Å². The van der Waals surface area contributed by atoms with Crippen molar-refractivity contribution in [3.05, 3.63) is 71.2 Å². The van der Waals surface area contributed by atoms with Crippen molar-refractivity contribution in [1.29, 1.82) is 0 Å². The molecule has 0 saturated heterocycles. The van der Waals surface area contributed by atoms with Gasteiger partial charge in [-0.25, -0.2) is 9.78 Å². The number of benzene rings is 2. The normalized spacial score (nSPS) is 11.4. The molecule has 0 aliphatic heterocycles. The molecule has 2 aromatic heterocycles. The summed E-state index contributed by atoms with van der Waals surface area (Å²) < 4.78 is 1.99. The summed E-state index contributed by atoms with van der Waals surface area (Å²) >= 11 is 0. The van der Waals surface area contributed by atoms with Crippen LogP contribution in [-0.2, 0) is 13.0 Å². The minimum atomic E-state index is -0.950. The summed E-state index contributed by atoms with van der Waals surface area (Å²) in [6.07, 6.45) is 0.677. The molecule has 0 aliphatic rings. The molecule has 0 radical (unpaired) electrons. The fourth-order valence-electron chi connectivity index (χ4n) is 3.83. The lowest BCUT2D eigenvalue weighted by Gasteiger charge is -2.13. The highest BCUT2D eigenvalue weighted by Gasteiger charge is 2.21. The highest BCUT2D eigenvalue weighted by Crippen LogP contribution is 2.30. The number of aromatic hydroxyl groups is 1. The Morgan fingerprint density at radius 2 is 1.77 bits per heavy atom. The van der Waals surface area contributed by atoms with E-state index in [4.69, 9.17) is 4.98 Å². The quantitative estimate of drug-likeness (QED) is 0.475. The SMILES string of the molecule is CCc1nnc(O)c2c1nc(C(C)C)n2Cc1ccc(-c2ccccc2C(=O)O)cc1. The number of aryl methyl sites for hydroxylation is 1.